The van der Waals surface area contributed by atoms with E-state index in [4.69, 9.17) is 9.72 Å². The Morgan fingerprint density at radius 1 is 0.839 bits per heavy atom. The SMILES string of the molecule is CCCc1nc2ccccc2c(C(=O)OC(c2ccccc2)c2ccccc2)c1CC. The van der Waals surface area contributed by atoms with Gasteiger partial charge in [0.05, 0.1) is 11.1 Å². The first-order valence-electron chi connectivity index (χ1n) is 10.9. The van der Waals surface area contributed by atoms with Crippen molar-refractivity contribution in [1.82, 2.24) is 4.98 Å². The average molecular weight is 410 g/mol. The zero-order valence-corrected chi connectivity index (χ0v) is 18.0. The Morgan fingerprint density at radius 2 is 1.42 bits per heavy atom. The first-order chi connectivity index (χ1) is 15.2. The minimum atomic E-state index is -0.471. The van der Waals surface area contributed by atoms with E-state index >= 15 is 0 Å². The predicted octanol–water partition coefficient (Wildman–Crippen LogP) is 6.70. The molecule has 0 saturated carbocycles. The van der Waals surface area contributed by atoms with Crippen LogP contribution in [0.5, 0.6) is 0 Å². The first-order valence-corrected chi connectivity index (χ1v) is 10.9. The van der Waals surface area contributed by atoms with Gasteiger partial charge in [-0.15, -0.1) is 0 Å². The van der Waals surface area contributed by atoms with E-state index in [-0.39, 0.29) is 5.97 Å². The molecule has 0 aliphatic heterocycles. The van der Waals surface area contributed by atoms with Gasteiger partial charge in [0.25, 0.3) is 0 Å². The Balaban J connectivity index is 1.83. The topological polar surface area (TPSA) is 39.2 Å². The van der Waals surface area contributed by atoms with E-state index < -0.39 is 6.10 Å². The van der Waals surface area contributed by atoms with Crippen LogP contribution in [0.25, 0.3) is 10.9 Å². The predicted molar refractivity (Wildman–Crippen MR) is 125 cm³/mol. The van der Waals surface area contributed by atoms with Gasteiger partial charge in [0, 0.05) is 11.1 Å². The molecule has 0 fully saturated rings. The van der Waals surface area contributed by atoms with Crippen LogP contribution >= 0.6 is 0 Å². The highest BCUT2D eigenvalue weighted by atomic mass is 16.5. The molecule has 0 atom stereocenters. The van der Waals surface area contributed by atoms with Gasteiger partial charge in [-0.2, -0.15) is 0 Å². The molecule has 3 aromatic carbocycles. The lowest BCUT2D eigenvalue weighted by Crippen LogP contribution is -2.16. The molecule has 0 N–H and O–H groups in total. The summed E-state index contributed by atoms with van der Waals surface area (Å²) >= 11 is 0. The first kappa shape index (κ1) is 20.8. The maximum Gasteiger partial charge on any atom is 0.340 e. The maximum absolute atomic E-state index is 13.7. The van der Waals surface area contributed by atoms with Crippen LogP contribution < -0.4 is 0 Å². The van der Waals surface area contributed by atoms with Crippen molar-refractivity contribution in [2.45, 2.75) is 39.2 Å². The van der Waals surface area contributed by atoms with Crippen molar-refractivity contribution in [3.05, 3.63) is 113 Å². The molecule has 3 nitrogen and oxygen atoms in total. The Hall–Kier alpha value is -3.46. The number of pyridine rings is 1. The van der Waals surface area contributed by atoms with Crippen LogP contribution in [0.2, 0.25) is 0 Å². The maximum atomic E-state index is 13.7. The number of carbonyl (C=O) groups excluding carboxylic acids is 1. The quantitative estimate of drug-likeness (QED) is 0.319. The molecule has 0 radical (unpaired) electrons. The van der Waals surface area contributed by atoms with Gasteiger partial charge in [0.2, 0.25) is 0 Å². The van der Waals surface area contributed by atoms with Crippen molar-refractivity contribution in [2.75, 3.05) is 0 Å². The second-order valence-corrected chi connectivity index (χ2v) is 7.64. The number of hydrogen-bond acceptors (Lipinski definition) is 3. The lowest BCUT2D eigenvalue weighted by atomic mass is 9.96. The van der Waals surface area contributed by atoms with Crippen LogP contribution in [0.4, 0.5) is 0 Å². The molecule has 4 aromatic rings. The number of benzene rings is 3. The molecule has 4 rings (SSSR count). The summed E-state index contributed by atoms with van der Waals surface area (Å²) in [6, 6.07) is 27.7. The Bertz CT molecular complexity index is 1130. The summed E-state index contributed by atoms with van der Waals surface area (Å²) in [5.41, 5.74) is 5.37. The summed E-state index contributed by atoms with van der Waals surface area (Å²) < 4.78 is 6.23. The zero-order chi connectivity index (χ0) is 21.6. The molecule has 0 spiro atoms. The summed E-state index contributed by atoms with van der Waals surface area (Å²) in [5, 5.41) is 0.851. The molecule has 0 aliphatic rings. The Kier molecular flexibility index (Phi) is 6.42. The third-order valence-electron chi connectivity index (χ3n) is 5.55. The number of carbonyl (C=O) groups is 1. The molecule has 0 amide bonds. The van der Waals surface area contributed by atoms with Crippen LogP contribution in [-0.2, 0) is 17.6 Å². The van der Waals surface area contributed by atoms with Gasteiger partial charge in [-0.1, -0.05) is 99.1 Å². The van der Waals surface area contributed by atoms with E-state index in [1.807, 2.05) is 84.9 Å². The highest BCUT2D eigenvalue weighted by molar-refractivity contribution is 6.05. The number of aryl methyl sites for hydroxylation is 1. The molecule has 31 heavy (non-hydrogen) atoms. The van der Waals surface area contributed by atoms with Gasteiger partial charge in [-0.05, 0) is 35.6 Å². The summed E-state index contributed by atoms with van der Waals surface area (Å²) in [4.78, 5) is 18.6. The molecule has 1 aromatic heterocycles. The smallest absolute Gasteiger partial charge is 0.340 e. The highest BCUT2D eigenvalue weighted by Gasteiger charge is 2.25. The van der Waals surface area contributed by atoms with Crippen molar-refractivity contribution in [3.8, 4) is 0 Å². The minimum Gasteiger partial charge on any atom is -0.449 e. The second kappa shape index (κ2) is 9.57. The molecule has 0 aliphatic carbocycles. The van der Waals surface area contributed by atoms with E-state index in [1.165, 1.54) is 0 Å². The number of para-hydroxylation sites is 1. The van der Waals surface area contributed by atoms with Crippen molar-refractivity contribution in [1.29, 1.82) is 0 Å². The highest BCUT2D eigenvalue weighted by Crippen LogP contribution is 2.31. The van der Waals surface area contributed by atoms with Crippen molar-refractivity contribution in [2.24, 2.45) is 0 Å². The van der Waals surface area contributed by atoms with E-state index in [0.29, 0.717) is 5.56 Å². The van der Waals surface area contributed by atoms with E-state index in [9.17, 15) is 4.79 Å². The lowest BCUT2D eigenvalue weighted by molar-refractivity contribution is 0.0379. The number of rotatable bonds is 7. The molecule has 1 heterocycles. The van der Waals surface area contributed by atoms with Crippen molar-refractivity contribution in [3.63, 3.8) is 0 Å². The largest absolute Gasteiger partial charge is 0.449 e. The molecule has 0 bridgehead atoms. The van der Waals surface area contributed by atoms with E-state index in [0.717, 1.165) is 52.5 Å². The average Bonchev–Trinajstić information content (AvgIpc) is 2.82. The number of fused-ring (bicyclic) bond motifs is 1. The summed E-state index contributed by atoms with van der Waals surface area (Å²) in [6.07, 6.45) is 2.08. The van der Waals surface area contributed by atoms with Crippen LogP contribution in [0, 0.1) is 0 Å². The van der Waals surface area contributed by atoms with Gasteiger partial charge in [0.1, 0.15) is 0 Å². The fraction of sp³-hybridized carbons (Fsp3) is 0.214. The monoisotopic (exact) mass is 409 g/mol. The Labute approximate surface area is 183 Å². The molecular formula is C28H27NO2. The van der Waals surface area contributed by atoms with Gasteiger partial charge in [0.15, 0.2) is 6.10 Å². The van der Waals surface area contributed by atoms with Gasteiger partial charge in [-0.25, -0.2) is 4.79 Å². The third-order valence-corrected chi connectivity index (χ3v) is 5.55. The normalized spacial score (nSPS) is 11.1. The second-order valence-electron chi connectivity index (χ2n) is 7.64. The molecule has 0 unspecified atom stereocenters. The zero-order valence-electron chi connectivity index (χ0n) is 18.0. The molecule has 0 saturated heterocycles. The fourth-order valence-corrected chi connectivity index (χ4v) is 4.11. The number of aromatic nitrogens is 1. The van der Waals surface area contributed by atoms with Gasteiger partial charge < -0.3 is 4.74 Å². The van der Waals surface area contributed by atoms with Crippen molar-refractivity contribution < 1.29 is 9.53 Å². The Morgan fingerprint density at radius 3 is 2.00 bits per heavy atom. The van der Waals surface area contributed by atoms with Crippen LogP contribution in [0.15, 0.2) is 84.9 Å². The number of nitrogens with zero attached hydrogens (tertiary/aromatic N) is 1. The van der Waals surface area contributed by atoms with Gasteiger partial charge >= 0.3 is 5.97 Å². The number of esters is 1. The number of ether oxygens (including phenoxy) is 1. The molecular weight excluding hydrogens is 382 g/mol. The summed E-state index contributed by atoms with van der Waals surface area (Å²) in [5.74, 6) is -0.300. The van der Waals surface area contributed by atoms with Crippen LogP contribution in [0.1, 0.15) is 59.1 Å². The summed E-state index contributed by atoms with van der Waals surface area (Å²) in [7, 11) is 0. The summed E-state index contributed by atoms with van der Waals surface area (Å²) in [6.45, 7) is 4.21. The minimum absolute atomic E-state index is 0.300. The molecule has 156 valence electrons. The van der Waals surface area contributed by atoms with Crippen molar-refractivity contribution >= 4 is 16.9 Å². The van der Waals surface area contributed by atoms with Gasteiger partial charge in [-0.3, -0.25) is 4.98 Å². The van der Waals surface area contributed by atoms with Crippen LogP contribution in [0.3, 0.4) is 0 Å². The van der Waals surface area contributed by atoms with E-state index in [2.05, 4.69) is 13.8 Å². The lowest BCUT2D eigenvalue weighted by Gasteiger charge is -2.21. The standard InChI is InChI=1S/C28H27NO2/c1-3-13-24-22(4-2)26(23-18-11-12-19-25(23)29-24)28(30)31-27(20-14-7-5-8-15-20)21-16-9-6-10-17-21/h5-12,14-19,27H,3-4,13H2,1-2H3. The number of hydrogen-bond donors (Lipinski definition) is 0. The van der Waals surface area contributed by atoms with Crippen LogP contribution in [-0.4, -0.2) is 11.0 Å². The van der Waals surface area contributed by atoms with E-state index in [1.54, 1.807) is 0 Å². The fourth-order valence-electron chi connectivity index (χ4n) is 4.11. The third kappa shape index (κ3) is 4.36. The molecule has 3 heteroatoms.